The van der Waals surface area contributed by atoms with Crippen molar-refractivity contribution in [3.8, 4) is 0 Å². The molecule has 0 aliphatic carbocycles. The number of hydrogen-bond donors (Lipinski definition) is 2. The number of anilines is 3. The summed E-state index contributed by atoms with van der Waals surface area (Å²) in [5.74, 6) is 1.04. The lowest BCUT2D eigenvalue weighted by Gasteiger charge is -2.10. The van der Waals surface area contributed by atoms with Crippen molar-refractivity contribution in [3.05, 3.63) is 37.0 Å². The van der Waals surface area contributed by atoms with E-state index >= 15 is 0 Å². The lowest BCUT2D eigenvalue weighted by atomic mass is 10.3. The predicted molar refractivity (Wildman–Crippen MR) is 84.3 cm³/mol. The van der Waals surface area contributed by atoms with Crippen LogP contribution in [0.1, 0.15) is 0 Å². The van der Waals surface area contributed by atoms with Crippen molar-refractivity contribution in [1.82, 2.24) is 9.97 Å². The minimum atomic E-state index is 0.407. The van der Waals surface area contributed by atoms with Gasteiger partial charge in [-0.2, -0.15) is 0 Å². The highest BCUT2D eigenvalue weighted by atomic mass is 127. The summed E-state index contributed by atoms with van der Waals surface area (Å²) in [4.78, 5) is 8.01. The van der Waals surface area contributed by atoms with E-state index in [0.29, 0.717) is 16.1 Å². The molecule has 88 valence electrons. The molecule has 0 spiro atoms. The molecule has 0 aliphatic rings. The van der Waals surface area contributed by atoms with E-state index in [0.717, 1.165) is 13.7 Å². The van der Waals surface area contributed by atoms with Crippen LogP contribution in [-0.2, 0) is 0 Å². The highest BCUT2D eigenvalue weighted by Gasteiger charge is 2.08. The molecule has 1 aromatic heterocycles. The number of nitrogens with one attached hydrogen (secondary N) is 1. The van der Waals surface area contributed by atoms with Gasteiger partial charge in [0.1, 0.15) is 22.4 Å². The summed E-state index contributed by atoms with van der Waals surface area (Å²) in [5, 5.41) is 3.18. The van der Waals surface area contributed by atoms with Crippen LogP contribution in [0.15, 0.2) is 33.5 Å². The predicted octanol–water partition coefficient (Wildman–Crippen LogP) is 3.93. The minimum absolute atomic E-state index is 0.407. The summed E-state index contributed by atoms with van der Waals surface area (Å²) >= 11 is 9.09. The number of nitrogen functional groups attached to an aromatic ring is 1. The van der Waals surface area contributed by atoms with Gasteiger partial charge < -0.3 is 11.1 Å². The zero-order valence-corrected chi connectivity index (χ0v) is 13.7. The molecule has 0 bridgehead atoms. The van der Waals surface area contributed by atoms with E-state index in [1.165, 1.54) is 6.33 Å². The van der Waals surface area contributed by atoms with E-state index < -0.39 is 0 Å². The van der Waals surface area contributed by atoms with E-state index in [-0.39, 0.29) is 0 Å². The topological polar surface area (TPSA) is 63.8 Å². The van der Waals surface area contributed by atoms with Crippen LogP contribution < -0.4 is 11.1 Å². The molecule has 7 heteroatoms. The first-order chi connectivity index (χ1) is 8.08. The Kier molecular flexibility index (Phi) is 4.21. The van der Waals surface area contributed by atoms with Crippen LogP contribution >= 0.6 is 54.5 Å². The van der Waals surface area contributed by atoms with Gasteiger partial charge in [0.25, 0.3) is 0 Å². The molecule has 0 unspecified atom stereocenters. The fraction of sp³-hybridized carbons (Fsp3) is 0. The molecule has 0 atom stereocenters. The Morgan fingerprint density at radius 3 is 2.71 bits per heavy atom. The van der Waals surface area contributed by atoms with Crippen molar-refractivity contribution >= 4 is 71.8 Å². The molecule has 0 amide bonds. The van der Waals surface area contributed by atoms with Crippen LogP contribution in [0.5, 0.6) is 0 Å². The molecule has 1 aromatic carbocycles. The van der Waals surface area contributed by atoms with Crippen molar-refractivity contribution in [1.29, 1.82) is 0 Å². The smallest absolute Gasteiger partial charge is 0.150 e. The Morgan fingerprint density at radius 2 is 2.00 bits per heavy atom. The number of rotatable bonds is 2. The molecule has 2 rings (SSSR count). The van der Waals surface area contributed by atoms with Crippen molar-refractivity contribution < 1.29 is 0 Å². The quantitative estimate of drug-likeness (QED) is 0.654. The lowest BCUT2D eigenvalue weighted by Crippen LogP contribution is -2.00. The molecular formula is C10H7Br2IN4. The highest BCUT2D eigenvalue weighted by molar-refractivity contribution is 14.1. The summed E-state index contributed by atoms with van der Waals surface area (Å²) in [6, 6.07) is 5.99. The lowest BCUT2D eigenvalue weighted by molar-refractivity contribution is 1.16. The molecule has 0 saturated heterocycles. The van der Waals surface area contributed by atoms with Crippen LogP contribution in [0.3, 0.4) is 0 Å². The maximum absolute atomic E-state index is 5.69. The van der Waals surface area contributed by atoms with Crippen molar-refractivity contribution in [2.45, 2.75) is 0 Å². The maximum Gasteiger partial charge on any atom is 0.150 e. The summed E-state index contributed by atoms with van der Waals surface area (Å²) in [5.41, 5.74) is 6.61. The van der Waals surface area contributed by atoms with Gasteiger partial charge in [-0.25, -0.2) is 9.97 Å². The molecular weight excluding hydrogens is 463 g/mol. The van der Waals surface area contributed by atoms with E-state index in [2.05, 4.69) is 69.7 Å². The normalized spacial score (nSPS) is 10.3. The average molecular weight is 470 g/mol. The van der Waals surface area contributed by atoms with E-state index in [4.69, 9.17) is 5.73 Å². The van der Waals surface area contributed by atoms with E-state index in [1.807, 2.05) is 18.2 Å². The second kappa shape index (κ2) is 5.49. The molecule has 0 fully saturated rings. The summed E-state index contributed by atoms with van der Waals surface area (Å²) in [6.07, 6.45) is 1.42. The van der Waals surface area contributed by atoms with Crippen LogP contribution in [0, 0.1) is 3.57 Å². The van der Waals surface area contributed by atoms with Gasteiger partial charge in [-0.05, 0) is 72.6 Å². The zero-order chi connectivity index (χ0) is 12.4. The van der Waals surface area contributed by atoms with Crippen LogP contribution in [-0.4, -0.2) is 9.97 Å². The van der Waals surface area contributed by atoms with Crippen LogP contribution in [0.2, 0.25) is 0 Å². The van der Waals surface area contributed by atoms with E-state index in [1.54, 1.807) is 0 Å². The molecule has 4 nitrogen and oxygen atoms in total. The third-order valence-corrected chi connectivity index (χ3v) is 4.11. The minimum Gasteiger partial charge on any atom is -0.383 e. The molecule has 0 saturated carbocycles. The number of aromatic nitrogens is 2. The Hall–Kier alpha value is -0.410. The second-order valence-electron chi connectivity index (χ2n) is 3.17. The summed E-state index contributed by atoms with van der Waals surface area (Å²) in [6.45, 7) is 0. The van der Waals surface area contributed by atoms with Gasteiger partial charge in [0.05, 0.1) is 5.69 Å². The van der Waals surface area contributed by atoms with Gasteiger partial charge in [0, 0.05) is 8.04 Å². The monoisotopic (exact) mass is 468 g/mol. The molecule has 1 heterocycles. The Bertz CT molecular complexity index is 562. The number of benzene rings is 1. The summed E-state index contributed by atoms with van der Waals surface area (Å²) in [7, 11) is 0. The van der Waals surface area contributed by atoms with Crippen molar-refractivity contribution in [2.75, 3.05) is 11.1 Å². The van der Waals surface area contributed by atoms with Gasteiger partial charge in [0.15, 0.2) is 0 Å². The zero-order valence-electron chi connectivity index (χ0n) is 8.42. The summed E-state index contributed by atoms with van der Waals surface area (Å²) < 4.78 is 2.78. The Morgan fingerprint density at radius 1 is 1.24 bits per heavy atom. The number of hydrogen-bond acceptors (Lipinski definition) is 4. The number of halogens is 3. The average Bonchev–Trinajstić information content (AvgIpc) is 2.28. The first-order valence-corrected chi connectivity index (χ1v) is 7.22. The van der Waals surface area contributed by atoms with Gasteiger partial charge in [-0.1, -0.05) is 0 Å². The fourth-order valence-electron chi connectivity index (χ4n) is 1.19. The van der Waals surface area contributed by atoms with Crippen LogP contribution in [0.4, 0.5) is 17.3 Å². The van der Waals surface area contributed by atoms with Gasteiger partial charge in [-0.3, -0.25) is 0 Å². The van der Waals surface area contributed by atoms with Crippen LogP contribution in [0.25, 0.3) is 0 Å². The molecule has 0 radical (unpaired) electrons. The fourth-order valence-corrected chi connectivity index (χ4v) is 2.89. The van der Waals surface area contributed by atoms with Gasteiger partial charge in [0.2, 0.25) is 0 Å². The van der Waals surface area contributed by atoms with Crippen molar-refractivity contribution in [2.24, 2.45) is 0 Å². The SMILES string of the molecule is Nc1ncnc(Nc2ccc(I)cc2Br)c1Br. The molecule has 17 heavy (non-hydrogen) atoms. The largest absolute Gasteiger partial charge is 0.383 e. The maximum atomic E-state index is 5.69. The number of nitrogens with two attached hydrogens (primary N) is 1. The third kappa shape index (κ3) is 3.08. The second-order valence-corrected chi connectivity index (χ2v) is 6.06. The first-order valence-electron chi connectivity index (χ1n) is 4.56. The Balaban J connectivity index is 2.35. The van der Waals surface area contributed by atoms with E-state index in [9.17, 15) is 0 Å². The van der Waals surface area contributed by atoms with Crippen molar-refractivity contribution in [3.63, 3.8) is 0 Å². The van der Waals surface area contributed by atoms with Gasteiger partial charge in [-0.15, -0.1) is 0 Å². The first kappa shape index (κ1) is 13.0. The highest BCUT2D eigenvalue weighted by Crippen LogP contribution is 2.31. The Labute approximate surface area is 129 Å². The number of nitrogens with zero attached hydrogens (tertiary/aromatic N) is 2. The standard InChI is InChI=1S/C10H7Br2IN4/c11-6-3-5(13)1-2-7(6)17-10-8(12)9(14)15-4-16-10/h1-4H,(H3,14,15,16,17). The molecule has 3 N–H and O–H groups in total. The molecule has 0 aliphatic heterocycles. The molecule has 2 aromatic rings. The van der Waals surface area contributed by atoms with Gasteiger partial charge >= 0.3 is 0 Å². The third-order valence-electron chi connectivity index (χ3n) is 2.00.